The van der Waals surface area contributed by atoms with E-state index in [9.17, 15) is 5.26 Å². The molecule has 1 aliphatic heterocycles. The number of anilines is 3. The lowest BCUT2D eigenvalue weighted by Crippen LogP contribution is -2.36. The van der Waals surface area contributed by atoms with E-state index in [1.165, 1.54) is 11.4 Å². The maximum absolute atomic E-state index is 9.56. The van der Waals surface area contributed by atoms with E-state index in [4.69, 9.17) is 0 Å². The maximum Gasteiger partial charge on any atom is 0.103 e. The lowest BCUT2D eigenvalue weighted by Gasteiger charge is -2.37. The average Bonchev–Trinajstić information content (AvgIpc) is 2.54. The lowest BCUT2D eigenvalue weighted by atomic mass is 10.1. The second kappa shape index (κ2) is 5.71. The molecule has 0 atom stereocenters. The monoisotopic (exact) mass is 295 g/mol. The highest BCUT2D eigenvalue weighted by molar-refractivity contribution is 7.98. The molecule has 0 saturated carbocycles. The molecule has 0 N–H and O–H groups in total. The topological polar surface area (TPSA) is 30.3 Å². The molecule has 0 unspecified atom stereocenters. The van der Waals surface area contributed by atoms with Crippen molar-refractivity contribution in [2.75, 3.05) is 36.2 Å². The first kappa shape index (κ1) is 13.8. The van der Waals surface area contributed by atoms with Crippen LogP contribution < -0.4 is 9.80 Å². The van der Waals surface area contributed by atoms with Gasteiger partial charge in [-0.3, -0.25) is 0 Å². The number of thioether (sulfide) groups is 1. The Morgan fingerprint density at radius 1 is 1.00 bits per heavy atom. The molecule has 0 fully saturated rings. The van der Waals surface area contributed by atoms with Gasteiger partial charge < -0.3 is 9.80 Å². The van der Waals surface area contributed by atoms with Crippen molar-refractivity contribution in [3.63, 3.8) is 0 Å². The zero-order valence-electron chi connectivity index (χ0n) is 12.2. The summed E-state index contributed by atoms with van der Waals surface area (Å²) < 4.78 is 0. The van der Waals surface area contributed by atoms with E-state index in [-0.39, 0.29) is 0 Å². The van der Waals surface area contributed by atoms with E-state index in [2.05, 4.69) is 47.2 Å². The lowest BCUT2D eigenvalue weighted by molar-refractivity contribution is 0.820. The number of hydrogen-bond acceptors (Lipinski definition) is 4. The van der Waals surface area contributed by atoms with Gasteiger partial charge >= 0.3 is 0 Å². The summed E-state index contributed by atoms with van der Waals surface area (Å²) in [5.41, 5.74) is 4.15. The zero-order valence-corrected chi connectivity index (χ0v) is 13.0. The summed E-state index contributed by atoms with van der Waals surface area (Å²) in [6.07, 6.45) is 2.01. The Morgan fingerprint density at radius 3 is 2.43 bits per heavy atom. The fraction of sp³-hybridized carbons (Fsp3) is 0.235. The van der Waals surface area contributed by atoms with Crippen molar-refractivity contribution in [2.45, 2.75) is 4.90 Å². The van der Waals surface area contributed by atoms with Gasteiger partial charge in [-0.25, -0.2) is 0 Å². The molecule has 1 aliphatic rings. The van der Waals surface area contributed by atoms with Gasteiger partial charge in [0.05, 0.1) is 22.6 Å². The van der Waals surface area contributed by atoms with Gasteiger partial charge in [-0.2, -0.15) is 5.26 Å². The zero-order chi connectivity index (χ0) is 14.8. The summed E-state index contributed by atoms with van der Waals surface area (Å²) in [5.74, 6) is 0. The van der Waals surface area contributed by atoms with Crippen molar-refractivity contribution >= 4 is 28.8 Å². The number of para-hydroxylation sites is 2. The van der Waals surface area contributed by atoms with Crippen molar-refractivity contribution in [2.24, 2.45) is 0 Å². The molecular formula is C17H17N3S. The Morgan fingerprint density at radius 2 is 1.71 bits per heavy atom. The van der Waals surface area contributed by atoms with Crippen molar-refractivity contribution in [3.8, 4) is 6.07 Å². The molecule has 0 bridgehead atoms. The molecule has 3 rings (SSSR count). The van der Waals surface area contributed by atoms with Gasteiger partial charge in [-0.05, 0) is 30.5 Å². The molecule has 3 nitrogen and oxygen atoms in total. The van der Waals surface area contributed by atoms with E-state index >= 15 is 0 Å². The smallest absolute Gasteiger partial charge is 0.103 e. The molecular weight excluding hydrogens is 278 g/mol. The van der Waals surface area contributed by atoms with E-state index < -0.39 is 0 Å². The molecule has 2 aromatic rings. The first-order valence-electron chi connectivity index (χ1n) is 6.91. The summed E-state index contributed by atoms with van der Waals surface area (Å²) >= 11 is 1.62. The second-order valence-electron chi connectivity index (χ2n) is 5.03. The second-order valence-corrected chi connectivity index (χ2v) is 5.88. The van der Waals surface area contributed by atoms with Crippen LogP contribution in [0.5, 0.6) is 0 Å². The van der Waals surface area contributed by atoms with Gasteiger partial charge in [-0.15, -0.1) is 11.8 Å². The summed E-state index contributed by atoms with van der Waals surface area (Å²) in [4.78, 5) is 5.55. The third kappa shape index (κ3) is 2.34. The van der Waals surface area contributed by atoms with E-state index in [0.29, 0.717) is 0 Å². The van der Waals surface area contributed by atoms with Crippen LogP contribution in [0, 0.1) is 11.3 Å². The molecule has 0 saturated heterocycles. The van der Waals surface area contributed by atoms with Crippen LogP contribution in [-0.2, 0) is 0 Å². The van der Waals surface area contributed by atoms with Crippen LogP contribution in [0.25, 0.3) is 0 Å². The number of benzene rings is 2. The quantitative estimate of drug-likeness (QED) is 0.787. The largest absolute Gasteiger partial charge is 0.371 e. The summed E-state index contributed by atoms with van der Waals surface area (Å²) in [7, 11) is 2.11. The minimum atomic E-state index is 0.768. The van der Waals surface area contributed by atoms with Crippen molar-refractivity contribution in [1.29, 1.82) is 5.26 Å². The van der Waals surface area contributed by atoms with Crippen molar-refractivity contribution in [3.05, 3.63) is 48.0 Å². The predicted molar refractivity (Wildman–Crippen MR) is 89.7 cm³/mol. The predicted octanol–water partition coefficient (Wildman–Crippen LogP) is 3.87. The third-order valence-corrected chi connectivity index (χ3v) is 4.65. The van der Waals surface area contributed by atoms with Crippen LogP contribution in [0.4, 0.5) is 17.1 Å². The van der Waals surface area contributed by atoms with Crippen LogP contribution in [0.15, 0.2) is 47.4 Å². The van der Waals surface area contributed by atoms with Gasteiger partial charge in [0.25, 0.3) is 0 Å². The molecule has 2 aromatic carbocycles. The Bertz CT molecular complexity index is 705. The normalized spacial score (nSPS) is 13.8. The van der Waals surface area contributed by atoms with E-state index in [1.807, 2.05) is 24.5 Å². The van der Waals surface area contributed by atoms with Gasteiger partial charge in [0.15, 0.2) is 0 Å². The van der Waals surface area contributed by atoms with Gasteiger partial charge in [0, 0.05) is 25.0 Å². The standard InChI is InChI=1S/C17H17N3S/c1-19-10-11-20(16-7-4-3-6-15(16)19)14-8-5-9-17(21-2)13(14)12-18/h3-9H,10-11H2,1-2H3. The highest BCUT2D eigenvalue weighted by Crippen LogP contribution is 2.39. The molecule has 21 heavy (non-hydrogen) atoms. The maximum atomic E-state index is 9.56. The van der Waals surface area contributed by atoms with Gasteiger partial charge in [0.1, 0.15) is 6.07 Å². The Balaban J connectivity index is 2.15. The Labute approximate surface area is 129 Å². The van der Waals surface area contributed by atoms with E-state index in [0.717, 1.165) is 29.2 Å². The highest BCUT2D eigenvalue weighted by atomic mass is 32.2. The molecule has 106 valence electrons. The van der Waals surface area contributed by atoms with Crippen LogP contribution in [0.1, 0.15) is 5.56 Å². The first-order chi connectivity index (χ1) is 10.3. The number of likely N-dealkylation sites (N-methyl/N-ethyl adjacent to an activating group) is 1. The molecule has 0 amide bonds. The van der Waals surface area contributed by atoms with Crippen LogP contribution in [0.2, 0.25) is 0 Å². The number of nitrogens with zero attached hydrogens (tertiary/aromatic N) is 3. The van der Waals surface area contributed by atoms with Gasteiger partial charge in [-0.1, -0.05) is 18.2 Å². The number of hydrogen-bond donors (Lipinski definition) is 0. The molecule has 4 heteroatoms. The summed E-state index contributed by atoms with van der Waals surface area (Å²) in [5, 5.41) is 9.56. The fourth-order valence-corrected chi connectivity index (χ4v) is 3.35. The highest BCUT2D eigenvalue weighted by Gasteiger charge is 2.23. The van der Waals surface area contributed by atoms with Crippen LogP contribution >= 0.6 is 11.8 Å². The minimum Gasteiger partial charge on any atom is -0.371 e. The van der Waals surface area contributed by atoms with Crippen LogP contribution in [0.3, 0.4) is 0 Å². The SMILES string of the molecule is CSc1cccc(N2CCN(C)c3ccccc32)c1C#N. The van der Waals surface area contributed by atoms with Crippen molar-refractivity contribution in [1.82, 2.24) is 0 Å². The Kier molecular flexibility index (Phi) is 3.76. The number of nitriles is 1. The minimum absolute atomic E-state index is 0.768. The third-order valence-electron chi connectivity index (χ3n) is 3.87. The van der Waals surface area contributed by atoms with E-state index in [1.54, 1.807) is 11.8 Å². The van der Waals surface area contributed by atoms with Crippen molar-refractivity contribution < 1.29 is 0 Å². The molecule has 0 radical (unpaired) electrons. The van der Waals surface area contributed by atoms with Crippen LogP contribution in [-0.4, -0.2) is 26.4 Å². The fourth-order valence-electron chi connectivity index (χ4n) is 2.78. The Hall–Kier alpha value is -2.12. The molecule has 0 aromatic heterocycles. The molecule has 0 aliphatic carbocycles. The average molecular weight is 295 g/mol. The molecule has 0 spiro atoms. The number of rotatable bonds is 2. The summed E-state index contributed by atoms with van der Waals surface area (Å²) in [6, 6.07) is 16.8. The molecule has 1 heterocycles. The number of fused-ring (bicyclic) bond motifs is 1. The summed E-state index contributed by atoms with van der Waals surface area (Å²) in [6.45, 7) is 1.84. The first-order valence-corrected chi connectivity index (χ1v) is 8.13. The van der Waals surface area contributed by atoms with Gasteiger partial charge in [0.2, 0.25) is 0 Å².